The van der Waals surface area contributed by atoms with E-state index in [0.29, 0.717) is 5.95 Å². The third kappa shape index (κ3) is 4.63. The molecule has 11 aromatic rings. The van der Waals surface area contributed by atoms with Crippen molar-refractivity contribution < 1.29 is 0 Å². The molecule has 3 aromatic heterocycles. The highest BCUT2D eigenvalue weighted by Crippen LogP contribution is 2.50. The highest BCUT2D eigenvalue weighted by atomic mass is 15.2. The number of rotatable bonds is 3. The van der Waals surface area contributed by atoms with Crippen molar-refractivity contribution in [3.05, 3.63) is 169 Å². The van der Waals surface area contributed by atoms with Crippen LogP contribution in [0.5, 0.6) is 0 Å². The molecule has 58 heavy (non-hydrogen) atoms. The first kappa shape index (κ1) is 33.4. The quantitative estimate of drug-likeness (QED) is 0.169. The van der Waals surface area contributed by atoms with Gasteiger partial charge in [0.2, 0.25) is 5.95 Å². The minimum atomic E-state index is 0.0787. The lowest BCUT2D eigenvalue weighted by Crippen LogP contribution is -2.33. The van der Waals surface area contributed by atoms with E-state index in [9.17, 15) is 0 Å². The summed E-state index contributed by atoms with van der Waals surface area (Å²) in [5.41, 5.74) is 11.9. The van der Waals surface area contributed by atoms with Gasteiger partial charge in [0.1, 0.15) is 0 Å². The Hall–Kier alpha value is -6.78. The Morgan fingerprint density at radius 2 is 1.05 bits per heavy atom. The van der Waals surface area contributed by atoms with E-state index in [0.717, 1.165) is 49.7 Å². The molecule has 278 valence electrons. The summed E-state index contributed by atoms with van der Waals surface area (Å²) in [5.74, 6) is 0.666. The molecule has 1 aliphatic rings. The number of para-hydroxylation sites is 1. The van der Waals surface area contributed by atoms with E-state index in [4.69, 9.17) is 9.97 Å². The average Bonchev–Trinajstić information content (AvgIpc) is 3.78. The Labute approximate surface area is 337 Å². The Kier molecular flexibility index (Phi) is 6.83. The second kappa shape index (κ2) is 11.9. The lowest BCUT2D eigenvalue weighted by molar-refractivity contribution is 0.332. The van der Waals surface area contributed by atoms with Crippen LogP contribution in [0.4, 0.5) is 0 Å². The van der Waals surface area contributed by atoms with Gasteiger partial charge < -0.3 is 4.57 Å². The molecule has 1 aliphatic carbocycles. The van der Waals surface area contributed by atoms with Crippen LogP contribution in [0.3, 0.4) is 0 Å². The monoisotopic (exact) mass is 746 g/mol. The second-order valence-corrected chi connectivity index (χ2v) is 17.6. The van der Waals surface area contributed by atoms with Crippen LogP contribution in [0.25, 0.3) is 99.0 Å². The summed E-state index contributed by atoms with van der Waals surface area (Å²) in [5, 5.41) is 10.6. The van der Waals surface area contributed by atoms with Gasteiger partial charge in [-0.2, -0.15) is 0 Å². The summed E-state index contributed by atoms with van der Waals surface area (Å²) in [6.45, 7) is 9.71. The van der Waals surface area contributed by atoms with Crippen LogP contribution in [0.15, 0.2) is 158 Å². The fourth-order valence-corrected chi connectivity index (χ4v) is 10.2. The van der Waals surface area contributed by atoms with E-state index in [2.05, 4.69) is 195 Å². The Morgan fingerprint density at radius 1 is 0.448 bits per heavy atom. The average molecular weight is 747 g/mol. The molecule has 0 N–H and O–H groups in total. The Bertz CT molecular complexity index is 3500. The second-order valence-electron chi connectivity index (χ2n) is 17.6. The van der Waals surface area contributed by atoms with Crippen LogP contribution in [0.2, 0.25) is 0 Å². The van der Waals surface area contributed by atoms with Gasteiger partial charge in [0.25, 0.3) is 0 Å². The minimum Gasteiger partial charge on any atom is -0.309 e. The van der Waals surface area contributed by atoms with Crippen molar-refractivity contribution in [2.24, 2.45) is 0 Å². The molecule has 0 amide bonds. The zero-order valence-corrected chi connectivity index (χ0v) is 33.2. The number of fused-ring (bicyclic) bond motifs is 13. The summed E-state index contributed by atoms with van der Waals surface area (Å²) in [4.78, 5) is 11.1. The molecule has 8 aromatic carbocycles. The van der Waals surface area contributed by atoms with Gasteiger partial charge in [0.05, 0.1) is 33.3 Å². The maximum atomic E-state index is 5.57. The summed E-state index contributed by atoms with van der Waals surface area (Å²) in [7, 11) is 0. The van der Waals surface area contributed by atoms with Crippen molar-refractivity contribution in [1.82, 2.24) is 19.1 Å². The van der Waals surface area contributed by atoms with Gasteiger partial charge >= 0.3 is 0 Å². The lowest BCUT2D eigenvalue weighted by atomic mass is 9.63. The summed E-state index contributed by atoms with van der Waals surface area (Å²) < 4.78 is 4.89. The number of aromatic nitrogens is 4. The van der Waals surface area contributed by atoms with Crippen molar-refractivity contribution in [2.75, 3.05) is 0 Å². The standard InChI is InChI=1S/C54H42N4/c1-53(2)29-30-54(3,4)44-32-46-42(31-43(44)53)39-27-28-45-47(51(39)57(46)36-19-9-6-10-20-36)40-25-23-34-16-12-14-22-38(34)50(40)58(45)52-55-48(35-17-7-5-8-18-35)41-26-24-33-15-11-13-21-37(33)49(41)56-52/h5-28,31-32H,29-30H2,1-4H3. The van der Waals surface area contributed by atoms with Gasteiger partial charge in [-0.25, -0.2) is 9.97 Å². The van der Waals surface area contributed by atoms with Gasteiger partial charge in [-0.3, -0.25) is 4.57 Å². The van der Waals surface area contributed by atoms with Crippen LogP contribution in [-0.4, -0.2) is 19.1 Å². The van der Waals surface area contributed by atoms with Gasteiger partial charge in [-0.15, -0.1) is 0 Å². The molecule has 0 bridgehead atoms. The first-order valence-corrected chi connectivity index (χ1v) is 20.6. The number of benzene rings is 8. The van der Waals surface area contributed by atoms with Crippen molar-refractivity contribution in [1.29, 1.82) is 0 Å². The van der Waals surface area contributed by atoms with Crippen LogP contribution in [-0.2, 0) is 10.8 Å². The van der Waals surface area contributed by atoms with Gasteiger partial charge in [0, 0.05) is 49.0 Å². The van der Waals surface area contributed by atoms with Crippen LogP contribution in [0, 0.1) is 0 Å². The number of nitrogens with zero attached hydrogens (tertiary/aromatic N) is 4. The molecule has 3 heterocycles. The van der Waals surface area contributed by atoms with Gasteiger partial charge in [-0.1, -0.05) is 149 Å². The Morgan fingerprint density at radius 3 is 1.79 bits per heavy atom. The fourth-order valence-electron chi connectivity index (χ4n) is 10.2. The summed E-state index contributed by atoms with van der Waals surface area (Å²) in [6.07, 6.45) is 2.34. The van der Waals surface area contributed by atoms with Crippen LogP contribution >= 0.6 is 0 Å². The van der Waals surface area contributed by atoms with Crippen LogP contribution in [0.1, 0.15) is 51.7 Å². The molecule has 12 rings (SSSR count). The largest absolute Gasteiger partial charge is 0.309 e. The molecule has 4 nitrogen and oxygen atoms in total. The molecule has 0 fully saturated rings. The summed E-state index contributed by atoms with van der Waals surface area (Å²) >= 11 is 0. The topological polar surface area (TPSA) is 35.6 Å². The van der Waals surface area contributed by atoms with E-state index >= 15 is 0 Å². The first-order chi connectivity index (χ1) is 28.3. The van der Waals surface area contributed by atoms with E-state index < -0.39 is 0 Å². The van der Waals surface area contributed by atoms with Crippen molar-refractivity contribution in [3.8, 4) is 22.9 Å². The highest BCUT2D eigenvalue weighted by molar-refractivity contribution is 6.29. The molecule has 0 saturated carbocycles. The predicted octanol–water partition coefficient (Wildman–Crippen LogP) is 14.1. The molecule has 0 radical (unpaired) electrons. The third-order valence-corrected chi connectivity index (χ3v) is 13.4. The maximum Gasteiger partial charge on any atom is 0.235 e. The lowest BCUT2D eigenvalue weighted by Gasteiger charge is -2.42. The molecular formula is C54H42N4. The SMILES string of the molecule is CC1(C)CCC(C)(C)c2cc3c(cc21)c1ccc2c(c4ccc5ccccc5c4n2-c2nc(-c4ccccc4)c4ccc5ccccc5c4n2)c1n3-c1ccccc1. The molecule has 0 saturated heterocycles. The van der Waals surface area contributed by atoms with E-state index in [1.54, 1.807) is 0 Å². The Balaban J connectivity index is 1.30. The van der Waals surface area contributed by atoms with Gasteiger partial charge in [0.15, 0.2) is 0 Å². The highest BCUT2D eigenvalue weighted by Gasteiger charge is 2.38. The zero-order valence-electron chi connectivity index (χ0n) is 33.2. The zero-order chi connectivity index (χ0) is 38.9. The normalized spacial score (nSPS) is 15.0. The van der Waals surface area contributed by atoms with E-state index in [1.165, 1.54) is 67.3 Å². The maximum absolute atomic E-state index is 5.57. The van der Waals surface area contributed by atoms with Crippen LogP contribution < -0.4 is 0 Å². The fraction of sp³-hybridized carbons (Fsp3) is 0.148. The first-order valence-electron chi connectivity index (χ1n) is 20.6. The number of hydrogen-bond acceptors (Lipinski definition) is 2. The van der Waals surface area contributed by atoms with Crippen molar-refractivity contribution >= 4 is 76.1 Å². The molecule has 0 unspecified atom stereocenters. The molecule has 0 spiro atoms. The predicted molar refractivity (Wildman–Crippen MR) is 244 cm³/mol. The number of hydrogen-bond donors (Lipinski definition) is 0. The van der Waals surface area contributed by atoms with Gasteiger partial charge in [-0.05, 0) is 82.0 Å². The van der Waals surface area contributed by atoms with E-state index in [1.807, 2.05) is 0 Å². The molecule has 0 aliphatic heterocycles. The summed E-state index contributed by atoms with van der Waals surface area (Å²) in [6, 6.07) is 57.6. The smallest absolute Gasteiger partial charge is 0.235 e. The molecule has 0 atom stereocenters. The molecule has 4 heteroatoms. The minimum absolute atomic E-state index is 0.0787. The third-order valence-electron chi connectivity index (χ3n) is 13.4. The molecular weight excluding hydrogens is 705 g/mol. The van der Waals surface area contributed by atoms with Crippen molar-refractivity contribution in [2.45, 2.75) is 51.4 Å². The van der Waals surface area contributed by atoms with Crippen molar-refractivity contribution in [3.63, 3.8) is 0 Å². The van der Waals surface area contributed by atoms with E-state index in [-0.39, 0.29) is 10.8 Å².